The zero-order chi connectivity index (χ0) is 13.8. The second kappa shape index (κ2) is 5.39. The summed E-state index contributed by atoms with van der Waals surface area (Å²) in [7, 11) is 1.56. The van der Waals surface area contributed by atoms with Crippen LogP contribution >= 0.6 is 0 Å². The number of hydrogen-bond donors (Lipinski definition) is 2. The maximum Gasteiger partial charge on any atom is 0.338 e. The van der Waals surface area contributed by atoms with Crippen molar-refractivity contribution in [2.24, 2.45) is 0 Å². The summed E-state index contributed by atoms with van der Waals surface area (Å²) in [4.78, 5) is 10.8. The van der Waals surface area contributed by atoms with Crippen LogP contribution in [0.15, 0.2) is 42.5 Å². The zero-order valence-corrected chi connectivity index (χ0v) is 10.2. The fraction of sp³-hybridized carbons (Fsp3) is 0.0714. The normalized spacial score (nSPS) is 10.0. The van der Waals surface area contributed by atoms with Gasteiger partial charge in [-0.15, -0.1) is 0 Å². The van der Waals surface area contributed by atoms with E-state index in [2.05, 4.69) is 5.32 Å². The van der Waals surface area contributed by atoms with E-state index in [1.165, 1.54) is 12.1 Å². The number of ether oxygens (including phenoxy) is 1. The molecule has 5 heteroatoms. The predicted molar refractivity (Wildman–Crippen MR) is 69.6 cm³/mol. The first kappa shape index (κ1) is 12.9. The summed E-state index contributed by atoms with van der Waals surface area (Å²) in [6.07, 6.45) is 0. The molecule has 0 heterocycles. The summed E-state index contributed by atoms with van der Waals surface area (Å²) in [5.74, 6) is -1.39. The van der Waals surface area contributed by atoms with Gasteiger partial charge in [-0.1, -0.05) is 6.07 Å². The number of hydrogen-bond acceptors (Lipinski definition) is 3. The molecule has 0 unspecified atom stereocenters. The third kappa shape index (κ3) is 3.01. The van der Waals surface area contributed by atoms with Crippen molar-refractivity contribution in [3.8, 4) is 5.75 Å². The molecule has 98 valence electrons. The van der Waals surface area contributed by atoms with Gasteiger partial charge in [0.05, 0.1) is 12.7 Å². The van der Waals surface area contributed by atoms with Gasteiger partial charge in [-0.05, 0) is 30.3 Å². The van der Waals surface area contributed by atoms with Crippen LogP contribution < -0.4 is 10.1 Å². The fourth-order valence-electron chi connectivity index (χ4n) is 1.63. The highest BCUT2D eigenvalue weighted by atomic mass is 19.1. The van der Waals surface area contributed by atoms with Crippen molar-refractivity contribution in [2.45, 2.75) is 0 Å². The fourth-order valence-corrected chi connectivity index (χ4v) is 1.63. The number of carboxylic acids is 1. The molecule has 19 heavy (non-hydrogen) atoms. The lowest BCUT2D eigenvalue weighted by Crippen LogP contribution is -2.01. The minimum Gasteiger partial charge on any atom is -0.497 e. The Kier molecular flexibility index (Phi) is 3.66. The van der Waals surface area contributed by atoms with E-state index in [1.54, 1.807) is 31.4 Å². The third-order valence-electron chi connectivity index (χ3n) is 2.56. The Morgan fingerprint density at radius 2 is 1.95 bits per heavy atom. The number of rotatable bonds is 4. The van der Waals surface area contributed by atoms with Gasteiger partial charge in [-0.2, -0.15) is 0 Å². The highest BCUT2D eigenvalue weighted by Crippen LogP contribution is 2.22. The van der Waals surface area contributed by atoms with Crippen LogP contribution in [0.4, 0.5) is 15.8 Å². The SMILES string of the molecule is COc1cccc(Nc2ccc(F)c(C(=O)O)c2)c1. The average Bonchev–Trinajstić information content (AvgIpc) is 2.41. The Morgan fingerprint density at radius 3 is 2.63 bits per heavy atom. The molecule has 2 aromatic rings. The van der Waals surface area contributed by atoms with Crippen LogP contribution in [0.3, 0.4) is 0 Å². The molecule has 2 aromatic carbocycles. The summed E-state index contributed by atoms with van der Waals surface area (Å²) < 4.78 is 18.3. The third-order valence-corrected chi connectivity index (χ3v) is 2.56. The van der Waals surface area contributed by atoms with E-state index in [4.69, 9.17) is 9.84 Å². The first-order valence-corrected chi connectivity index (χ1v) is 5.54. The lowest BCUT2D eigenvalue weighted by Gasteiger charge is -2.09. The molecule has 0 saturated heterocycles. The molecule has 0 amide bonds. The van der Waals surface area contributed by atoms with Crippen molar-refractivity contribution in [2.75, 3.05) is 12.4 Å². The monoisotopic (exact) mass is 261 g/mol. The summed E-state index contributed by atoms with van der Waals surface area (Å²) in [6, 6.07) is 11.0. The van der Waals surface area contributed by atoms with Gasteiger partial charge in [0.1, 0.15) is 11.6 Å². The minimum atomic E-state index is -1.30. The maximum atomic E-state index is 13.2. The number of halogens is 1. The molecule has 0 atom stereocenters. The maximum absolute atomic E-state index is 13.2. The van der Waals surface area contributed by atoms with E-state index in [0.29, 0.717) is 11.4 Å². The molecule has 0 fully saturated rings. The zero-order valence-electron chi connectivity index (χ0n) is 10.2. The molecular formula is C14H12FNO3. The molecule has 2 rings (SSSR count). The molecule has 2 N–H and O–H groups in total. The number of nitrogens with one attached hydrogen (secondary N) is 1. The van der Waals surface area contributed by atoms with Crippen LogP contribution in [0.2, 0.25) is 0 Å². The van der Waals surface area contributed by atoms with Crippen molar-refractivity contribution in [3.05, 3.63) is 53.8 Å². The van der Waals surface area contributed by atoms with E-state index in [9.17, 15) is 9.18 Å². The first-order valence-electron chi connectivity index (χ1n) is 5.54. The Labute approximate surface area is 109 Å². The van der Waals surface area contributed by atoms with Gasteiger partial charge in [0, 0.05) is 17.4 Å². The predicted octanol–water partition coefficient (Wildman–Crippen LogP) is 3.28. The Balaban J connectivity index is 2.28. The van der Waals surface area contributed by atoms with Crippen LogP contribution in [0, 0.1) is 5.82 Å². The van der Waals surface area contributed by atoms with Gasteiger partial charge in [-0.3, -0.25) is 0 Å². The van der Waals surface area contributed by atoms with Gasteiger partial charge in [0.15, 0.2) is 0 Å². The number of carboxylic acid groups (broad SMARTS) is 1. The summed E-state index contributed by atoms with van der Waals surface area (Å²) in [5.41, 5.74) is 0.849. The number of anilines is 2. The van der Waals surface area contributed by atoms with Crippen molar-refractivity contribution >= 4 is 17.3 Å². The molecule has 0 bridgehead atoms. The summed E-state index contributed by atoms with van der Waals surface area (Å²) in [5, 5.41) is 11.8. The molecular weight excluding hydrogens is 249 g/mol. The molecule has 4 nitrogen and oxygen atoms in total. The Hall–Kier alpha value is -2.56. The van der Waals surface area contributed by atoms with E-state index in [-0.39, 0.29) is 5.56 Å². The molecule has 0 spiro atoms. The largest absolute Gasteiger partial charge is 0.497 e. The number of benzene rings is 2. The van der Waals surface area contributed by atoms with Gasteiger partial charge in [0.25, 0.3) is 0 Å². The Morgan fingerprint density at radius 1 is 1.21 bits per heavy atom. The minimum absolute atomic E-state index is 0.368. The van der Waals surface area contributed by atoms with E-state index >= 15 is 0 Å². The number of carbonyl (C=O) groups is 1. The van der Waals surface area contributed by atoms with Crippen LogP contribution in [-0.2, 0) is 0 Å². The topological polar surface area (TPSA) is 58.6 Å². The van der Waals surface area contributed by atoms with Gasteiger partial charge in [0.2, 0.25) is 0 Å². The van der Waals surface area contributed by atoms with Gasteiger partial charge >= 0.3 is 5.97 Å². The highest BCUT2D eigenvalue weighted by Gasteiger charge is 2.10. The van der Waals surface area contributed by atoms with Crippen LogP contribution in [0.5, 0.6) is 5.75 Å². The van der Waals surface area contributed by atoms with Crippen molar-refractivity contribution < 1.29 is 19.0 Å². The average molecular weight is 261 g/mol. The standard InChI is InChI=1S/C14H12FNO3/c1-19-11-4-2-3-9(7-11)16-10-5-6-13(15)12(8-10)14(17)18/h2-8,16H,1H3,(H,17,18). The Bertz CT molecular complexity index is 613. The van der Waals surface area contributed by atoms with Crippen LogP contribution in [0.25, 0.3) is 0 Å². The van der Waals surface area contributed by atoms with Crippen LogP contribution in [-0.4, -0.2) is 18.2 Å². The molecule has 0 aromatic heterocycles. The van der Waals surface area contributed by atoms with Gasteiger partial charge in [-0.25, -0.2) is 9.18 Å². The van der Waals surface area contributed by atoms with Crippen molar-refractivity contribution in [3.63, 3.8) is 0 Å². The molecule has 0 aliphatic heterocycles. The number of methoxy groups -OCH3 is 1. The van der Waals surface area contributed by atoms with E-state index in [1.807, 2.05) is 0 Å². The van der Waals surface area contributed by atoms with Crippen molar-refractivity contribution in [1.29, 1.82) is 0 Å². The quantitative estimate of drug-likeness (QED) is 0.886. The summed E-state index contributed by atoms with van der Waals surface area (Å²) in [6.45, 7) is 0. The van der Waals surface area contributed by atoms with Crippen LogP contribution in [0.1, 0.15) is 10.4 Å². The lowest BCUT2D eigenvalue weighted by molar-refractivity contribution is 0.0692. The molecule has 0 radical (unpaired) electrons. The number of aromatic carboxylic acids is 1. The van der Waals surface area contributed by atoms with Crippen molar-refractivity contribution in [1.82, 2.24) is 0 Å². The van der Waals surface area contributed by atoms with E-state index < -0.39 is 11.8 Å². The highest BCUT2D eigenvalue weighted by molar-refractivity contribution is 5.89. The summed E-state index contributed by atoms with van der Waals surface area (Å²) >= 11 is 0. The second-order valence-electron chi connectivity index (χ2n) is 3.86. The molecule has 0 saturated carbocycles. The molecule has 0 aliphatic rings. The lowest BCUT2D eigenvalue weighted by atomic mass is 10.2. The van der Waals surface area contributed by atoms with E-state index in [0.717, 1.165) is 11.8 Å². The molecule has 0 aliphatic carbocycles. The first-order chi connectivity index (χ1) is 9.10. The van der Waals surface area contributed by atoms with Gasteiger partial charge < -0.3 is 15.2 Å². The second-order valence-corrected chi connectivity index (χ2v) is 3.86. The smallest absolute Gasteiger partial charge is 0.338 e.